The second-order valence-electron chi connectivity index (χ2n) is 8.12. The number of nitrogens with zero attached hydrogens (tertiary/aromatic N) is 3. The van der Waals surface area contributed by atoms with E-state index in [0.29, 0.717) is 26.1 Å². The van der Waals surface area contributed by atoms with Crippen LogP contribution in [0.2, 0.25) is 0 Å². The molecule has 3 aromatic rings. The lowest BCUT2D eigenvalue weighted by molar-refractivity contribution is -0.127. The van der Waals surface area contributed by atoms with Crippen molar-refractivity contribution in [2.24, 2.45) is 0 Å². The maximum atomic E-state index is 12.4. The molecule has 1 atom stereocenters. The molecule has 0 spiro atoms. The van der Waals surface area contributed by atoms with Gasteiger partial charge >= 0.3 is 0 Å². The first-order chi connectivity index (χ1) is 14.5. The molecule has 0 bridgehead atoms. The Morgan fingerprint density at radius 1 is 1.20 bits per heavy atom. The van der Waals surface area contributed by atoms with Gasteiger partial charge in [0.2, 0.25) is 5.91 Å². The molecule has 0 radical (unpaired) electrons. The van der Waals surface area contributed by atoms with Gasteiger partial charge in [-0.15, -0.1) is 6.58 Å². The number of para-hydroxylation sites is 2. The molecule has 30 heavy (non-hydrogen) atoms. The normalized spacial score (nSPS) is 16.4. The van der Waals surface area contributed by atoms with Crippen molar-refractivity contribution in [1.82, 2.24) is 14.5 Å². The Hall–Kier alpha value is -3.08. The van der Waals surface area contributed by atoms with Crippen molar-refractivity contribution in [1.29, 1.82) is 0 Å². The molecule has 1 aliphatic rings. The number of aryl methyl sites for hydroxylation is 3. The Bertz CT molecular complexity index is 1050. The van der Waals surface area contributed by atoms with Crippen LogP contribution in [0, 0.1) is 13.8 Å². The first-order valence-electron chi connectivity index (χ1n) is 10.6. The maximum Gasteiger partial charge on any atom is 0.223 e. The van der Waals surface area contributed by atoms with E-state index in [1.165, 1.54) is 11.1 Å². The van der Waals surface area contributed by atoms with Crippen molar-refractivity contribution in [3.8, 4) is 5.75 Å². The zero-order chi connectivity index (χ0) is 21.1. The van der Waals surface area contributed by atoms with Crippen molar-refractivity contribution in [3.05, 3.63) is 72.1 Å². The van der Waals surface area contributed by atoms with E-state index in [1.807, 2.05) is 23.1 Å². The predicted octanol–water partition coefficient (Wildman–Crippen LogP) is 4.62. The molecule has 0 saturated carbocycles. The molecular weight excluding hydrogens is 374 g/mol. The smallest absolute Gasteiger partial charge is 0.223 e. The first kappa shape index (κ1) is 20.2. The molecule has 156 valence electrons. The number of carbonyl (C=O) groups excluding carboxylic acids is 1. The lowest BCUT2D eigenvalue weighted by Crippen LogP contribution is -2.25. The summed E-state index contributed by atoms with van der Waals surface area (Å²) in [5.41, 5.74) is 4.52. The van der Waals surface area contributed by atoms with Crippen LogP contribution >= 0.6 is 0 Å². The second kappa shape index (κ2) is 8.74. The number of likely N-dealkylation sites (tertiary alicyclic amines) is 1. The van der Waals surface area contributed by atoms with Gasteiger partial charge in [-0.2, -0.15) is 0 Å². The number of hydrogen-bond acceptors (Lipinski definition) is 3. The SMILES string of the molecule is C=CCN1CC(c2nc3ccccc3n2CCCOc2cc(C)cc(C)c2)CC1=O. The molecule has 2 heterocycles. The molecule has 0 N–H and O–H groups in total. The molecule has 2 aromatic carbocycles. The fraction of sp³-hybridized carbons (Fsp3) is 0.360. The lowest BCUT2D eigenvalue weighted by Gasteiger charge is -2.16. The summed E-state index contributed by atoms with van der Waals surface area (Å²) >= 11 is 0. The molecule has 5 heteroatoms. The van der Waals surface area contributed by atoms with Gasteiger partial charge in [-0.1, -0.05) is 24.3 Å². The van der Waals surface area contributed by atoms with Crippen molar-refractivity contribution in [2.45, 2.75) is 39.2 Å². The van der Waals surface area contributed by atoms with Crippen LogP contribution in [0.4, 0.5) is 0 Å². The number of amides is 1. The molecule has 1 aliphatic heterocycles. The number of ether oxygens (including phenoxy) is 1. The summed E-state index contributed by atoms with van der Waals surface area (Å²) < 4.78 is 8.28. The molecule has 0 aliphatic carbocycles. The zero-order valence-corrected chi connectivity index (χ0v) is 17.8. The van der Waals surface area contributed by atoms with E-state index in [9.17, 15) is 4.79 Å². The number of rotatable bonds is 8. The monoisotopic (exact) mass is 403 g/mol. The van der Waals surface area contributed by atoms with E-state index in [-0.39, 0.29) is 11.8 Å². The topological polar surface area (TPSA) is 47.4 Å². The third-order valence-corrected chi connectivity index (χ3v) is 5.60. The first-order valence-corrected chi connectivity index (χ1v) is 10.6. The fourth-order valence-corrected chi connectivity index (χ4v) is 4.35. The summed E-state index contributed by atoms with van der Waals surface area (Å²) in [7, 11) is 0. The predicted molar refractivity (Wildman–Crippen MR) is 120 cm³/mol. The highest BCUT2D eigenvalue weighted by Gasteiger charge is 2.33. The maximum absolute atomic E-state index is 12.4. The standard InChI is InChI=1S/C25H29N3O2/c1-4-10-27-17-20(16-24(27)29)25-26-22-8-5-6-9-23(22)28(25)11-7-12-30-21-14-18(2)13-19(3)15-21/h4-6,8-9,13-15,20H,1,7,10-12,16-17H2,2-3H3. The van der Waals surface area contributed by atoms with Crippen LogP contribution in [0.3, 0.4) is 0 Å². The van der Waals surface area contributed by atoms with E-state index in [2.05, 4.69) is 49.3 Å². The Kier molecular flexibility index (Phi) is 5.88. The Morgan fingerprint density at radius 3 is 2.73 bits per heavy atom. The van der Waals surface area contributed by atoms with Crippen LogP contribution in [0.25, 0.3) is 11.0 Å². The summed E-state index contributed by atoms with van der Waals surface area (Å²) in [4.78, 5) is 19.1. The van der Waals surface area contributed by atoms with E-state index in [0.717, 1.165) is 35.6 Å². The van der Waals surface area contributed by atoms with Gasteiger partial charge in [-0.3, -0.25) is 4.79 Å². The average Bonchev–Trinajstić information content (AvgIpc) is 3.25. The van der Waals surface area contributed by atoms with Crippen LogP contribution in [-0.4, -0.2) is 40.1 Å². The van der Waals surface area contributed by atoms with Crippen molar-refractivity contribution in [3.63, 3.8) is 0 Å². The van der Waals surface area contributed by atoms with Gasteiger partial charge in [0, 0.05) is 32.0 Å². The highest BCUT2D eigenvalue weighted by atomic mass is 16.5. The van der Waals surface area contributed by atoms with Gasteiger partial charge in [0.1, 0.15) is 11.6 Å². The van der Waals surface area contributed by atoms with Crippen molar-refractivity contribution >= 4 is 16.9 Å². The summed E-state index contributed by atoms with van der Waals surface area (Å²) in [5, 5.41) is 0. The molecule has 1 fully saturated rings. The number of aromatic nitrogens is 2. The van der Waals surface area contributed by atoms with Gasteiger partial charge in [0.25, 0.3) is 0 Å². The molecule has 1 unspecified atom stereocenters. The Balaban J connectivity index is 1.49. The van der Waals surface area contributed by atoms with E-state index >= 15 is 0 Å². The van der Waals surface area contributed by atoms with E-state index in [4.69, 9.17) is 9.72 Å². The summed E-state index contributed by atoms with van der Waals surface area (Å²) in [6, 6.07) is 14.5. The highest BCUT2D eigenvalue weighted by molar-refractivity contribution is 5.81. The van der Waals surface area contributed by atoms with E-state index in [1.54, 1.807) is 6.08 Å². The zero-order valence-electron chi connectivity index (χ0n) is 17.8. The highest BCUT2D eigenvalue weighted by Crippen LogP contribution is 2.30. The minimum atomic E-state index is 0.116. The van der Waals surface area contributed by atoms with Gasteiger partial charge in [-0.05, 0) is 55.7 Å². The largest absolute Gasteiger partial charge is 0.494 e. The summed E-state index contributed by atoms with van der Waals surface area (Å²) in [6.45, 7) is 10.7. The minimum absolute atomic E-state index is 0.116. The summed E-state index contributed by atoms with van der Waals surface area (Å²) in [6.07, 6.45) is 3.17. The third-order valence-electron chi connectivity index (χ3n) is 5.60. The molecule has 1 saturated heterocycles. The van der Waals surface area contributed by atoms with Crippen LogP contribution < -0.4 is 4.74 Å². The van der Waals surface area contributed by atoms with Crippen molar-refractivity contribution in [2.75, 3.05) is 19.7 Å². The fourth-order valence-electron chi connectivity index (χ4n) is 4.35. The van der Waals surface area contributed by atoms with E-state index < -0.39 is 0 Å². The van der Waals surface area contributed by atoms with Gasteiger partial charge in [-0.25, -0.2) is 4.98 Å². The lowest BCUT2D eigenvalue weighted by atomic mass is 10.1. The third kappa shape index (κ3) is 4.25. The molecular formula is C25H29N3O2. The molecule has 5 nitrogen and oxygen atoms in total. The molecule has 4 rings (SSSR count). The quantitative estimate of drug-likeness (QED) is 0.407. The van der Waals surface area contributed by atoms with Crippen LogP contribution in [-0.2, 0) is 11.3 Å². The number of hydrogen-bond donors (Lipinski definition) is 0. The van der Waals surface area contributed by atoms with Gasteiger partial charge < -0.3 is 14.2 Å². The van der Waals surface area contributed by atoms with Crippen LogP contribution in [0.15, 0.2) is 55.1 Å². The Morgan fingerprint density at radius 2 is 1.97 bits per heavy atom. The number of benzene rings is 2. The Labute approximate surface area is 178 Å². The number of imidazole rings is 1. The molecule has 1 amide bonds. The van der Waals surface area contributed by atoms with Crippen LogP contribution in [0.5, 0.6) is 5.75 Å². The average molecular weight is 404 g/mol. The summed E-state index contributed by atoms with van der Waals surface area (Å²) in [5.74, 6) is 2.22. The minimum Gasteiger partial charge on any atom is -0.494 e. The number of carbonyl (C=O) groups is 1. The van der Waals surface area contributed by atoms with Crippen molar-refractivity contribution < 1.29 is 9.53 Å². The molecule has 1 aromatic heterocycles. The second-order valence-corrected chi connectivity index (χ2v) is 8.12. The van der Waals surface area contributed by atoms with Crippen LogP contribution in [0.1, 0.15) is 35.7 Å². The van der Waals surface area contributed by atoms with Gasteiger partial charge in [0.15, 0.2) is 0 Å². The number of fused-ring (bicyclic) bond motifs is 1. The van der Waals surface area contributed by atoms with Gasteiger partial charge in [0.05, 0.1) is 17.6 Å².